The average molecular weight is 451 g/mol. The first kappa shape index (κ1) is 20.5. The van der Waals surface area contributed by atoms with E-state index in [2.05, 4.69) is 15.9 Å². The van der Waals surface area contributed by atoms with Crippen molar-refractivity contribution in [2.24, 2.45) is 5.92 Å². The first-order valence-electron chi connectivity index (χ1n) is 9.09. The monoisotopic (exact) mass is 450 g/mol. The van der Waals surface area contributed by atoms with Gasteiger partial charge in [0.05, 0.1) is 5.56 Å². The van der Waals surface area contributed by atoms with E-state index in [4.69, 9.17) is 0 Å². The van der Waals surface area contributed by atoms with Crippen LogP contribution in [-0.2, 0) is 11.3 Å². The molecule has 2 aromatic rings. The van der Waals surface area contributed by atoms with Crippen LogP contribution in [0.5, 0.6) is 0 Å². The van der Waals surface area contributed by atoms with Crippen molar-refractivity contribution in [2.45, 2.75) is 19.4 Å². The third-order valence-corrected chi connectivity index (χ3v) is 5.81. The summed E-state index contributed by atoms with van der Waals surface area (Å²) in [7, 11) is 1.77. The molecule has 0 spiro atoms. The molecule has 3 rings (SSSR count). The van der Waals surface area contributed by atoms with E-state index in [1.165, 1.54) is 4.90 Å². The molecule has 28 heavy (non-hydrogen) atoms. The fraction of sp³-hybridized carbons (Fsp3) is 0.333. The van der Waals surface area contributed by atoms with Gasteiger partial charge >= 0.3 is 0 Å². The molecule has 1 aliphatic heterocycles. The Morgan fingerprint density at radius 3 is 2.46 bits per heavy atom. The van der Waals surface area contributed by atoms with E-state index in [0.29, 0.717) is 38.5 Å². The average Bonchev–Trinajstić information content (AvgIpc) is 2.69. The number of carbonyl (C=O) groups excluding carboxylic acids is 2. The van der Waals surface area contributed by atoms with Crippen LogP contribution < -0.4 is 0 Å². The Morgan fingerprint density at radius 2 is 1.82 bits per heavy atom. The van der Waals surface area contributed by atoms with E-state index in [0.717, 1.165) is 22.2 Å². The number of piperidine rings is 1. The molecule has 0 aliphatic carbocycles. The molecule has 0 unspecified atom stereocenters. The molecule has 1 aliphatic rings. The molecular weight excluding hydrogens is 430 g/mol. The predicted octanol–water partition coefficient (Wildman–Crippen LogP) is 4.24. The lowest BCUT2D eigenvalue weighted by atomic mass is 9.94. The minimum absolute atomic E-state index is 0.0378. The molecule has 0 bridgehead atoms. The van der Waals surface area contributed by atoms with Crippen LogP contribution in [0.4, 0.5) is 8.78 Å². The number of carbonyl (C=O) groups is 2. The Morgan fingerprint density at radius 1 is 1.14 bits per heavy atom. The summed E-state index contributed by atoms with van der Waals surface area (Å²) >= 11 is 3.49. The molecule has 2 aromatic carbocycles. The van der Waals surface area contributed by atoms with Gasteiger partial charge in [0.1, 0.15) is 11.6 Å². The number of rotatable bonds is 4. The number of nitrogens with zero attached hydrogens (tertiary/aromatic N) is 2. The summed E-state index contributed by atoms with van der Waals surface area (Å²) in [6.07, 6.45) is 1.04. The lowest BCUT2D eigenvalue weighted by Crippen LogP contribution is -2.43. The van der Waals surface area contributed by atoms with Gasteiger partial charge in [-0.2, -0.15) is 0 Å². The third-order valence-electron chi connectivity index (χ3n) is 5.03. The maximum Gasteiger partial charge on any atom is 0.256 e. The second-order valence-corrected chi connectivity index (χ2v) is 7.83. The van der Waals surface area contributed by atoms with E-state index in [1.807, 2.05) is 24.3 Å². The maximum absolute atomic E-state index is 13.9. The standard InChI is InChI=1S/C21H21BrF2N2O2/c1-25(13-15-4-2-3-5-18(15)22)20(27)14-8-10-26(11-9-14)21(28)17-7-6-16(23)12-19(17)24/h2-7,12,14H,8-11,13H2,1H3. The normalized spacial score (nSPS) is 14.8. The lowest BCUT2D eigenvalue weighted by Gasteiger charge is -2.33. The van der Waals surface area contributed by atoms with Crippen molar-refractivity contribution >= 4 is 27.7 Å². The Hall–Kier alpha value is -2.28. The zero-order valence-corrected chi connectivity index (χ0v) is 17.1. The minimum atomic E-state index is -0.864. The smallest absolute Gasteiger partial charge is 0.256 e. The SMILES string of the molecule is CN(Cc1ccccc1Br)C(=O)C1CCN(C(=O)c2ccc(F)cc2F)CC1. The number of halogens is 3. The fourth-order valence-corrected chi connectivity index (χ4v) is 3.84. The Balaban J connectivity index is 1.57. The zero-order valence-electron chi connectivity index (χ0n) is 15.5. The van der Waals surface area contributed by atoms with Crippen molar-refractivity contribution in [3.05, 3.63) is 69.7 Å². The van der Waals surface area contributed by atoms with Crippen molar-refractivity contribution in [1.29, 1.82) is 0 Å². The number of hydrogen-bond acceptors (Lipinski definition) is 2. The molecule has 0 radical (unpaired) electrons. The molecule has 4 nitrogen and oxygen atoms in total. The molecule has 7 heteroatoms. The second-order valence-electron chi connectivity index (χ2n) is 6.98. The van der Waals surface area contributed by atoms with Gasteiger partial charge < -0.3 is 9.80 Å². The van der Waals surface area contributed by atoms with Crippen LogP contribution in [0, 0.1) is 17.6 Å². The molecule has 0 aromatic heterocycles. The van der Waals surface area contributed by atoms with Crippen LogP contribution in [0.15, 0.2) is 46.9 Å². The summed E-state index contributed by atoms with van der Waals surface area (Å²) in [6.45, 7) is 1.24. The van der Waals surface area contributed by atoms with Gasteiger partial charge in [-0.25, -0.2) is 8.78 Å². The first-order chi connectivity index (χ1) is 13.4. The van der Waals surface area contributed by atoms with Crippen LogP contribution in [0.3, 0.4) is 0 Å². The van der Waals surface area contributed by atoms with E-state index in [9.17, 15) is 18.4 Å². The largest absolute Gasteiger partial charge is 0.341 e. The number of hydrogen-bond donors (Lipinski definition) is 0. The van der Waals surface area contributed by atoms with Gasteiger partial charge in [0.2, 0.25) is 5.91 Å². The van der Waals surface area contributed by atoms with E-state index in [1.54, 1.807) is 11.9 Å². The summed E-state index contributed by atoms with van der Waals surface area (Å²) in [4.78, 5) is 28.5. The molecule has 0 atom stereocenters. The van der Waals surface area contributed by atoms with Crippen molar-refractivity contribution < 1.29 is 18.4 Å². The Kier molecular flexibility index (Phi) is 6.44. The highest BCUT2D eigenvalue weighted by Gasteiger charge is 2.30. The second kappa shape index (κ2) is 8.82. The van der Waals surface area contributed by atoms with Crippen LogP contribution >= 0.6 is 15.9 Å². The van der Waals surface area contributed by atoms with Gasteiger partial charge in [0.25, 0.3) is 5.91 Å². The predicted molar refractivity (Wildman–Crippen MR) is 106 cm³/mol. The molecule has 2 amide bonds. The molecule has 1 saturated heterocycles. The highest BCUT2D eigenvalue weighted by Crippen LogP contribution is 2.24. The van der Waals surface area contributed by atoms with Gasteiger partial charge in [0, 0.05) is 43.1 Å². The van der Waals surface area contributed by atoms with Crippen molar-refractivity contribution in [3.63, 3.8) is 0 Å². The first-order valence-corrected chi connectivity index (χ1v) is 9.89. The summed E-state index contributed by atoms with van der Waals surface area (Å²) in [5.41, 5.74) is 0.884. The van der Waals surface area contributed by atoms with E-state index >= 15 is 0 Å². The third kappa shape index (κ3) is 4.58. The zero-order chi connectivity index (χ0) is 20.3. The molecule has 148 valence electrons. The fourth-order valence-electron chi connectivity index (χ4n) is 3.43. The van der Waals surface area contributed by atoms with Gasteiger partial charge in [-0.3, -0.25) is 9.59 Å². The van der Waals surface area contributed by atoms with Crippen LogP contribution in [-0.4, -0.2) is 41.8 Å². The van der Waals surface area contributed by atoms with Crippen LogP contribution in [0.1, 0.15) is 28.8 Å². The maximum atomic E-state index is 13.9. The quantitative estimate of drug-likeness (QED) is 0.698. The van der Waals surface area contributed by atoms with Gasteiger partial charge in [-0.1, -0.05) is 34.1 Å². The summed E-state index contributed by atoms with van der Waals surface area (Å²) in [6, 6.07) is 10.7. The van der Waals surface area contributed by atoms with Gasteiger partial charge in [-0.15, -0.1) is 0 Å². The number of amides is 2. The Labute approximate surface area is 171 Å². The van der Waals surface area contributed by atoms with Crippen molar-refractivity contribution in [1.82, 2.24) is 9.80 Å². The summed E-state index contributed by atoms with van der Waals surface area (Å²) in [5.74, 6) is -2.18. The molecule has 0 saturated carbocycles. The molecule has 0 N–H and O–H groups in total. The van der Waals surface area contributed by atoms with Gasteiger partial charge in [-0.05, 0) is 36.6 Å². The molecule has 1 heterocycles. The number of benzene rings is 2. The Bertz CT molecular complexity index is 882. The summed E-state index contributed by atoms with van der Waals surface area (Å²) in [5, 5.41) is 0. The highest BCUT2D eigenvalue weighted by molar-refractivity contribution is 9.10. The lowest BCUT2D eigenvalue weighted by molar-refractivity contribution is -0.136. The molecule has 1 fully saturated rings. The van der Waals surface area contributed by atoms with Gasteiger partial charge in [0.15, 0.2) is 0 Å². The van der Waals surface area contributed by atoms with Crippen molar-refractivity contribution in [3.8, 4) is 0 Å². The van der Waals surface area contributed by atoms with Crippen LogP contribution in [0.25, 0.3) is 0 Å². The molecular formula is C21H21BrF2N2O2. The topological polar surface area (TPSA) is 40.6 Å². The minimum Gasteiger partial charge on any atom is -0.341 e. The van der Waals surface area contributed by atoms with Crippen molar-refractivity contribution in [2.75, 3.05) is 20.1 Å². The van der Waals surface area contributed by atoms with E-state index in [-0.39, 0.29) is 17.4 Å². The van der Waals surface area contributed by atoms with Crippen LogP contribution in [0.2, 0.25) is 0 Å². The summed E-state index contributed by atoms with van der Waals surface area (Å²) < 4.78 is 27.8. The highest BCUT2D eigenvalue weighted by atomic mass is 79.9. The number of likely N-dealkylation sites (tertiary alicyclic amines) is 1. The van der Waals surface area contributed by atoms with E-state index < -0.39 is 17.5 Å².